The molecule has 0 amide bonds. The van der Waals surface area contributed by atoms with Gasteiger partial charge < -0.3 is 5.73 Å². The Morgan fingerprint density at radius 2 is 2.00 bits per heavy atom. The molecule has 2 N–H and O–H groups in total. The lowest BCUT2D eigenvalue weighted by atomic mass is 9.95. The number of hydrogen-bond acceptors (Lipinski definition) is 1. The fourth-order valence-corrected chi connectivity index (χ4v) is 1.78. The van der Waals surface area contributed by atoms with Gasteiger partial charge in [-0.05, 0) is 18.1 Å². The lowest BCUT2D eigenvalue weighted by Crippen LogP contribution is -2.15. The quantitative estimate of drug-likeness (QED) is 0.765. The third-order valence-electron chi connectivity index (χ3n) is 3.15. The van der Waals surface area contributed by atoms with Gasteiger partial charge in [0.15, 0.2) is 0 Å². The van der Waals surface area contributed by atoms with Crippen LogP contribution >= 0.6 is 0 Å². The average Bonchev–Trinajstić information content (AvgIpc) is 2.75. The number of rotatable bonds is 1. The van der Waals surface area contributed by atoms with Crippen LogP contribution in [0.25, 0.3) is 0 Å². The second-order valence-corrected chi connectivity index (χ2v) is 4.31. The Morgan fingerprint density at radius 3 is 2.47 bits per heavy atom. The van der Waals surface area contributed by atoms with E-state index in [0.29, 0.717) is 5.56 Å². The van der Waals surface area contributed by atoms with Crippen molar-refractivity contribution in [3.05, 3.63) is 35.4 Å². The highest BCUT2D eigenvalue weighted by Gasteiger charge is 2.49. The Hall–Kier alpha value is -1.03. The third-order valence-corrected chi connectivity index (χ3v) is 3.15. The molecule has 1 unspecified atom stereocenters. The first-order valence-electron chi connectivity index (χ1n) is 4.77. The fourth-order valence-electron chi connectivity index (χ4n) is 1.78. The molecule has 2 rings (SSSR count). The van der Waals surface area contributed by atoms with Crippen LogP contribution in [0.2, 0.25) is 0 Å². The first-order chi connectivity index (χ1) is 6.84. The van der Waals surface area contributed by atoms with E-state index in [0.717, 1.165) is 12.5 Å². The zero-order chi connectivity index (χ0) is 11.3. The van der Waals surface area contributed by atoms with Gasteiger partial charge in [-0.1, -0.05) is 25.1 Å². The van der Waals surface area contributed by atoms with Gasteiger partial charge in [-0.3, -0.25) is 0 Å². The van der Waals surface area contributed by atoms with E-state index in [2.05, 4.69) is 0 Å². The highest BCUT2D eigenvalue weighted by molar-refractivity contribution is 5.38. The van der Waals surface area contributed by atoms with Crippen LogP contribution in [0, 0.1) is 0 Å². The first-order valence-corrected chi connectivity index (χ1v) is 4.77. The molecule has 0 aliphatic heterocycles. The molecule has 1 aromatic rings. The monoisotopic (exact) mass is 215 g/mol. The van der Waals surface area contributed by atoms with Gasteiger partial charge in [-0.15, -0.1) is 0 Å². The molecular formula is C11H12F3N. The number of nitrogens with two attached hydrogens (primary N) is 1. The van der Waals surface area contributed by atoms with E-state index in [-0.39, 0.29) is 11.5 Å². The van der Waals surface area contributed by atoms with E-state index in [9.17, 15) is 13.2 Å². The molecular weight excluding hydrogens is 203 g/mol. The van der Waals surface area contributed by atoms with Crippen LogP contribution in [0.1, 0.15) is 24.5 Å². The van der Waals surface area contributed by atoms with Gasteiger partial charge in [0.25, 0.3) is 0 Å². The topological polar surface area (TPSA) is 26.0 Å². The summed E-state index contributed by atoms with van der Waals surface area (Å²) in [4.78, 5) is 0. The zero-order valence-corrected chi connectivity index (χ0v) is 8.31. The average molecular weight is 215 g/mol. The summed E-state index contributed by atoms with van der Waals surface area (Å²) in [5.41, 5.74) is 5.54. The van der Waals surface area contributed by atoms with Crippen molar-refractivity contribution >= 4 is 0 Å². The maximum atomic E-state index is 12.4. The van der Waals surface area contributed by atoms with Gasteiger partial charge in [0.1, 0.15) is 0 Å². The fraction of sp³-hybridized carbons (Fsp3) is 0.455. The Kier molecular flexibility index (Phi) is 2.08. The van der Waals surface area contributed by atoms with Crippen LogP contribution in [0.5, 0.6) is 0 Å². The molecule has 4 heteroatoms. The van der Waals surface area contributed by atoms with Gasteiger partial charge in [0, 0.05) is 11.5 Å². The van der Waals surface area contributed by atoms with Crippen molar-refractivity contribution in [2.45, 2.75) is 31.0 Å². The van der Waals surface area contributed by atoms with Gasteiger partial charge in [0.05, 0.1) is 5.56 Å². The van der Waals surface area contributed by atoms with Crippen molar-refractivity contribution in [1.82, 2.24) is 0 Å². The summed E-state index contributed by atoms with van der Waals surface area (Å²) in [7, 11) is 0. The smallest absolute Gasteiger partial charge is 0.327 e. The van der Waals surface area contributed by atoms with Crippen molar-refractivity contribution in [2.24, 2.45) is 5.73 Å². The van der Waals surface area contributed by atoms with E-state index in [1.807, 2.05) is 6.92 Å². The van der Waals surface area contributed by atoms with E-state index >= 15 is 0 Å². The van der Waals surface area contributed by atoms with Crippen LogP contribution in [-0.2, 0) is 11.6 Å². The summed E-state index contributed by atoms with van der Waals surface area (Å²) >= 11 is 0. The van der Waals surface area contributed by atoms with Crippen LogP contribution in [0.3, 0.4) is 0 Å². The van der Waals surface area contributed by atoms with Crippen LogP contribution < -0.4 is 5.73 Å². The minimum Gasteiger partial charge on any atom is -0.327 e. The zero-order valence-electron chi connectivity index (χ0n) is 8.31. The molecule has 0 bridgehead atoms. The maximum absolute atomic E-state index is 12.4. The van der Waals surface area contributed by atoms with Crippen LogP contribution in [0.15, 0.2) is 24.3 Å². The van der Waals surface area contributed by atoms with Crippen molar-refractivity contribution in [3.63, 3.8) is 0 Å². The maximum Gasteiger partial charge on any atom is 0.416 e. The molecule has 15 heavy (non-hydrogen) atoms. The Labute approximate surface area is 86.1 Å². The molecule has 2 atom stereocenters. The van der Waals surface area contributed by atoms with Gasteiger partial charge in [-0.25, -0.2) is 0 Å². The van der Waals surface area contributed by atoms with Crippen molar-refractivity contribution in [1.29, 1.82) is 0 Å². The number of halogens is 3. The third kappa shape index (κ3) is 1.74. The molecule has 1 aromatic carbocycles. The highest BCUT2D eigenvalue weighted by Crippen LogP contribution is 2.47. The summed E-state index contributed by atoms with van der Waals surface area (Å²) in [6.45, 7) is 1.90. The van der Waals surface area contributed by atoms with Crippen molar-refractivity contribution in [3.8, 4) is 0 Å². The number of benzene rings is 1. The molecule has 0 aromatic heterocycles. The predicted molar refractivity (Wildman–Crippen MR) is 51.4 cm³/mol. The highest BCUT2D eigenvalue weighted by atomic mass is 19.4. The normalized spacial score (nSPS) is 30.3. The summed E-state index contributed by atoms with van der Waals surface area (Å²) in [5.74, 6) is 0. The SMILES string of the molecule is CC1(c2cccc(C(F)(F)F)c2)C[C@H]1N. The minimum atomic E-state index is -4.27. The molecule has 1 nitrogen and oxygen atoms in total. The second-order valence-electron chi connectivity index (χ2n) is 4.31. The molecule has 82 valence electrons. The summed E-state index contributed by atoms with van der Waals surface area (Å²) < 4.78 is 37.3. The van der Waals surface area contributed by atoms with E-state index in [4.69, 9.17) is 5.73 Å². The van der Waals surface area contributed by atoms with Crippen molar-refractivity contribution < 1.29 is 13.2 Å². The number of alkyl halides is 3. The lowest BCUT2D eigenvalue weighted by Gasteiger charge is -2.13. The van der Waals surface area contributed by atoms with Crippen LogP contribution in [-0.4, -0.2) is 6.04 Å². The lowest BCUT2D eigenvalue weighted by molar-refractivity contribution is -0.137. The number of hydrogen-bond donors (Lipinski definition) is 1. The molecule has 1 aliphatic carbocycles. The Morgan fingerprint density at radius 1 is 1.40 bits per heavy atom. The van der Waals surface area contributed by atoms with Gasteiger partial charge >= 0.3 is 6.18 Å². The minimum absolute atomic E-state index is 0.0130. The Bertz CT molecular complexity index is 386. The summed E-state index contributed by atoms with van der Waals surface area (Å²) in [6, 6.07) is 5.42. The summed E-state index contributed by atoms with van der Waals surface area (Å²) in [6.07, 6.45) is -3.51. The van der Waals surface area contributed by atoms with E-state index in [1.165, 1.54) is 12.1 Å². The molecule has 0 radical (unpaired) electrons. The largest absolute Gasteiger partial charge is 0.416 e. The van der Waals surface area contributed by atoms with Crippen molar-refractivity contribution in [2.75, 3.05) is 0 Å². The molecule has 1 aliphatic rings. The Balaban J connectivity index is 2.36. The summed E-state index contributed by atoms with van der Waals surface area (Å²) in [5, 5.41) is 0. The molecule has 1 fully saturated rings. The predicted octanol–water partition coefficient (Wildman–Crippen LogP) is 2.69. The molecule has 0 heterocycles. The first kappa shape index (κ1) is 10.5. The van der Waals surface area contributed by atoms with E-state index in [1.54, 1.807) is 6.07 Å². The molecule has 1 saturated carbocycles. The van der Waals surface area contributed by atoms with Crippen LogP contribution in [0.4, 0.5) is 13.2 Å². The molecule has 0 saturated heterocycles. The molecule has 0 spiro atoms. The second kappa shape index (κ2) is 2.98. The van der Waals surface area contributed by atoms with E-state index < -0.39 is 11.7 Å². The van der Waals surface area contributed by atoms with Gasteiger partial charge in [-0.2, -0.15) is 13.2 Å². The standard InChI is InChI=1S/C11H12F3N/c1-10(6-9(10)15)7-3-2-4-8(5-7)11(12,13)14/h2-5,9H,6,15H2,1H3/t9-,10?/m1/s1. The van der Waals surface area contributed by atoms with Gasteiger partial charge in [0.2, 0.25) is 0 Å².